The van der Waals surface area contributed by atoms with E-state index in [0.29, 0.717) is 5.92 Å². The van der Waals surface area contributed by atoms with Crippen molar-refractivity contribution < 1.29 is 14.2 Å². The zero-order chi connectivity index (χ0) is 5.58. The standard InChI is InChI=1S/C4H9.BrH.Cu/c1-4(2)3;;/h4H,1H2,2-3H3;1H;/q-1;;+2/p-1. The SMILES string of the molecule is [CH2-]C(C)C.[Cu+][Br]. The van der Waals surface area contributed by atoms with Gasteiger partial charge < -0.3 is 6.92 Å². The van der Waals surface area contributed by atoms with Gasteiger partial charge in [-0.05, 0) is 0 Å². The second-order valence-corrected chi connectivity index (χ2v) is 1.39. The van der Waals surface area contributed by atoms with Gasteiger partial charge >= 0.3 is 28.3 Å². The molecule has 0 rings (SSSR count). The number of halogens is 1. The third kappa shape index (κ3) is 80.1. The van der Waals surface area contributed by atoms with Crippen molar-refractivity contribution in [3.05, 3.63) is 6.92 Å². The van der Waals surface area contributed by atoms with Crippen molar-refractivity contribution >= 4 is 14.1 Å². The Morgan fingerprint density at radius 3 is 1.50 bits per heavy atom. The predicted molar refractivity (Wildman–Crippen MR) is 29.1 cm³/mol. The van der Waals surface area contributed by atoms with Gasteiger partial charge in [0.25, 0.3) is 0 Å². The molecule has 0 aromatic carbocycles. The Labute approximate surface area is 55.2 Å². The molecule has 43 valence electrons. The van der Waals surface area contributed by atoms with Crippen molar-refractivity contribution in [2.75, 3.05) is 0 Å². The summed E-state index contributed by atoms with van der Waals surface area (Å²) in [4.78, 5) is 0. The predicted octanol–water partition coefficient (Wildman–Crippen LogP) is 2.32. The second-order valence-electron chi connectivity index (χ2n) is 1.39. The van der Waals surface area contributed by atoms with E-state index in [-0.39, 0.29) is 0 Å². The summed E-state index contributed by atoms with van der Waals surface area (Å²) >= 11 is 6.50. The maximum atomic E-state index is 4.00. The number of hydrogen-bond donors (Lipinski definition) is 0. The molecule has 0 N–H and O–H groups in total. The molecule has 0 aromatic heterocycles. The Morgan fingerprint density at radius 1 is 1.50 bits per heavy atom. The molecule has 0 aliphatic heterocycles. The Morgan fingerprint density at radius 2 is 1.50 bits per heavy atom. The van der Waals surface area contributed by atoms with E-state index in [1.165, 1.54) is 0 Å². The van der Waals surface area contributed by atoms with Crippen molar-refractivity contribution in [1.29, 1.82) is 0 Å². The average Bonchev–Trinajstić information content (AvgIpc) is 1.41. The van der Waals surface area contributed by atoms with Gasteiger partial charge in [-0.15, -0.1) is 0 Å². The van der Waals surface area contributed by atoms with Gasteiger partial charge in [-0.25, -0.2) is 0 Å². The summed E-state index contributed by atoms with van der Waals surface area (Å²) in [5, 5.41) is 0. The normalized spacial score (nSPS) is 7.17. The van der Waals surface area contributed by atoms with Crippen LogP contribution in [0.5, 0.6) is 0 Å². The summed E-state index contributed by atoms with van der Waals surface area (Å²) in [6, 6.07) is 0. The molecule has 0 spiro atoms. The van der Waals surface area contributed by atoms with Gasteiger partial charge in [0.2, 0.25) is 0 Å². The van der Waals surface area contributed by atoms with Crippen LogP contribution in [0.25, 0.3) is 0 Å². The molecule has 0 saturated heterocycles. The van der Waals surface area contributed by atoms with Gasteiger partial charge in [-0.1, -0.05) is 13.8 Å². The van der Waals surface area contributed by atoms with Gasteiger partial charge in [-0.2, -0.15) is 5.92 Å². The zero-order valence-electron chi connectivity index (χ0n) is 3.96. The van der Waals surface area contributed by atoms with E-state index >= 15 is 0 Å². The molecule has 0 heterocycles. The number of rotatable bonds is 0. The van der Waals surface area contributed by atoms with Crippen LogP contribution in [0.3, 0.4) is 0 Å². The molecule has 0 radical (unpaired) electrons. The van der Waals surface area contributed by atoms with Crippen LogP contribution >= 0.6 is 14.1 Å². The molecule has 0 nitrogen and oxygen atoms in total. The molecule has 0 bridgehead atoms. The van der Waals surface area contributed by atoms with E-state index in [1.54, 1.807) is 0 Å². The fraction of sp³-hybridized carbons (Fsp3) is 0.750. The number of hydrogen-bond acceptors (Lipinski definition) is 0. The van der Waals surface area contributed by atoms with Crippen LogP contribution in [0.1, 0.15) is 13.8 Å². The van der Waals surface area contributed by atoms with Gasteiger partial charge in [-0.3, -0.25) is 0 Å². The maximum absolute atomic E-state index is 4.00. The summed E-state index contributed by atoms with van der Waals surface area (Å²) in [6.07, 6.45) is 0. The molecule has 0 saturated carbocycles. The minimum absolute atomic E-state index is 0.583. The van der Waals surface area contributed by atoms with Crippen molar-refractivity contribution in [3.63, 3.8) is 0 Å². The topological polar surface area (TPSA) is 0 Å². The van der Waals surface area contributed by atoms with E-state index in [1.807, 2.05) is 0 Å². The molecule has 6 heavy (non-hydrogen) atoms. The van der Waals surface area contributed by atoms with Crippen molar-refractivity contribution in [2.24, 2.45) is 5.92 Å². The minimum atomic E-state index is 0.583. The quantitative estimate of drug-likeness (QED) is 0.416. The molecule has 0 fully saturated rings. The average molecular weight is 201 g/mol. The van der Waals surface area contributed by atoms with E-state index < -0.39 is 0 Å². The molecule has 0 aliphatic carbocycles. The second kappa shape index (κ2) is 9.37. The van der Waals surface area contributed by atoms with E-state index in [0.717, 1.165) is 0 Å². The first kappa shape index (κ1) is 10.1. The van der Waals surface area contributed by atoms with Crippen LogP contribution < -0.4 is 0 Å². The summed E-state index contributed by atoms with van der Waals surface area (Å²) < 4.78 is 0. The fourth-order valence-corrected chi connectivity index (χ4v) is 0. The van der Waals surface area contributed by atoms with Gasteiger partial charge in [0.15, 0.2) is 0 Å². The summed E-state index contributed by atoms with van der Waals surface area (Å²) in [5.41, 5.74) is 0. The Balaban J connectivity index is 0. The fourth-order valence-electron chi connectivity index (χ4n) is 0. The van der Waals surface area contributed by atoms with E-state index in [2.05, 4.69) is 49.1 Å². The summed E-state index contributed by atoms with van der Waals surface area (Å²) in [7, 11) is 0. The van der Waals surface area contributed by atoms with Gasteiger partial charge in [0, 0.05) is 0 Å². The van der Waals surface area contributed by atoms with Crippen LogP contribution in [0, 0.1) is 12.8 Å². The molecule has 0 unspecified atom stereocenters. The van der Waals surface area contributed by atoms with Crippen LogP contribution in [0.2, 0.25) is 0 Å². The molecule has 0 aliphatic rings. The van der Waals surface area contributed by atoms with Gasteiger partial charge in [0.1, 0.15) is 0 Å². The monoisotopic (exact) mass is 199 g/mol. The first-order chi connectivity index (χ1) is 2.73. The molecule has 0 aromatic rings. The first-order valence-corrected chi connectivity index (χ1v) is 4.00. The van der Waals surface area contributed by atoms with Crippen LogP contribution in [-0.2, 0) is 14.2 Å². The summed E-state index contributed by atoms with van der Waals surface area (Å²) in [6.45, 7) is 7.75. The van der Waals surface area contributed by atoms with Gasteiger partial charge in [0.05, 0.1) is 0 Å². The molecular formula is C4H9BrCu. The van der Waals surface area contributed by atoms with Crippen molar-refractivity contribution in [3.8, 4) is 0 Å². The van der Waals surface area contributed by atoms with Crippen LogP contribution in [0.15, 0.2) is 0 Å². The first-order valence-electron chi connectivity index (χ1n) is 1.68. The van der Waals surface area contributed by atoms with Crippen molar-refractivity contribution in [1.82, 2.24) is 0 Å². The molecule has 0 amide bonds. The van der Waals surface area contributed by atoms with Crippen LogP contribution in [0.4, 0.5) is 0 Å². The Bertz CT molecular complexity index is 12.3. The molecule has 2 heteroatoms. The van der Waals surface area contributed by atoms with Crippen LogP contribution in [-0.4, -0.2) is 0 Å². The summed E-state index contributed by atoms with van der Waals surface area (Å²) in [5.74, 6) is 0.583. The third-order valence-electron chi connectivity index (χ3n) is 0. The van der Waals surface area contributed by atoms with E-state index in [4.69, 9.17) is 0 Å². The zero-order valence-corrected chi connectivity index (χ0v) is 6.49. The Hall–Kier alpha value is 0.999. The molecule has 0 atom stereocenters. The van der Waals surface area contributed by atoms with E-state index in [9.17, 15) is 0 Å². The Kier molecular flexibility index (Phi) is 15.7. The third-order valence-corrected chi connectivity index (χ3v) is 0. The molecular weight excluding hydrogens is 191 g/mol. The van der Waals surface area contributed by atoms with Crippen molar-refractivity contribution in [2.45, 2.75) is 13.8 Å².